The Kier molecular flexibility index (Phi) is 2.72. The monoisotopic (exact) mass is 225 g/mol. The van der Waals surface area contributed by atoms with Crippen LogP contribution in [0.1, 0.15) is 26.3 Å². The molecule has 0 aliphatic carbocycles. The largest absolute Gasteiger partial charge is 0.267 e. The molecule has 0 unspecified atom stereocenters. The van der Waals surface area contributed by atoms with Crippen LogP contribution in [0.15, 0.2) is 36.7 Å². The molecule has 3 nitrogen and oxygen atoms in total. The van der Waals surface area contributed by atoms with E-state index in [-0.39, 0.29) is 5.54 Å². The molecule has 2 rings (SSSR count). The van der Waals surface area contributed by atoms with Gasteiger partial charge in [-0.2, -0.15) is 10.4 Å². The minimum atomic E-state index is -0.0418. The SMILES string of the molecule is CC(C)(C)n1cc(-c2ccccc2C#N)cn1. The van der Waals surface area contributed by atoms with Crippen LogP contribution < -0.4 is 0 Å². The van der Waals surface area contributed by atoms with Crippen molar-refractivity contribution >= 4 is 0 Å². The quantitative estimate of drug-likeness (QED) is 0.748. The van der Waals surface area contributed by atoms with Gasteiger partial charge in [-0.25, -0.2) is 0 Å². The lowest BCUT2D eigenvalue weighted by molar-refractivity contribution is 0.355. The predicted molar refractivity (Wildman–Crippen MR) is 67.4 cm³/mol. The molecular weight excluding hydrogens is 210 g/mol. The van der Waals surface area contributed by atoms with Crippen molar-refractivity contribution in [2.24, 2.45) is 0 Å². The number of aromatic nitrogens is 2. The summed E-state index contributed by atoms with van der Waals surface area (Å²) in [7, 11) is 0. The lowest BCUT2D eigenvalue weighted by Gasteiger charge is -2.18. The van der Waals surface area contributed by atoms with Crippen molar-refractivity contribution in [3.8, 4) is 17.2 Å². The van der Waals surface area contributed by atoms with Crippen LogP contribution in [0, 0.1) is 11.3 Å². The van der Waals surface area contributed by atoms with Crippen LogP contribution in [0.25, 0.3) is 11.1 Å². The molecule has 0 fully saturated rings. The van der Waals surface area contributed by atoms with Crippen molar-refractivity contribution in [2.75, 3.05) is 0 Å². The molecule has 2 aromatic rings. The van der Waals surface area contributed by atoms with Crippen LogP contribution in [-0.4, -0.2) is 9.78 Å². The highest BCUT2D eigenvalue weighted by Crippen LogP contribution is 2.24. The average molecular weight is 225 g/mol. The van der Waals surface area contributed by atoms with Gasteiger partial charge in [0, 0.05) is 17.3 Å². The molecule has 1 aromatic carbocycles. The van der Waals surface area contributed by atoms with Gasteiger partial charge in [-0.3, -0.25) is 4.68 Å². The molecule has 0 amide bonds. The Labute approximate surface area is 101 Å². The first-order chi connectivity index (χ1) is 8.02. The lowest BCUT2D eigenvalue weighted by Crippen LogP contribution is -2.21. The summed E-state index contributed by atoms with van der Waals surface area (Å²) in [6, 6.07) is 9.78. The summed E-state index contributed by atoms with van der Waals surface area (Å²) in [5, 5.41) is 13.4. The van der Waals surface area contributed by atoms with E-state index in [2.05, 4.69) is 31.9 Å². The van der Waals surface area contributed by atoms with E-state index >= 15 is 0 Å². The fourth-order valence-electron chi connectivity index (χ4n) is 1.66. The summed E-state index contributed by atoms with van der Waals surface area (Å²) in [5.74, 6) is 0. The van der Waals surface area contributed by atoms with Crippen molar-refractivity contribution in [3.05, 3.63) is 42.2 Å². The van der Waals surface area contributed by atoms with Crippen LogP contribution >= 0.6 is 0 Å². The molecule has 17 heavy (non-hydrogen) atoms. The molecule has 3 heteroatoms. The Balaban J connectivity index is 2.49. The molecule has 0 saturated carbocycles. The van der Waals surface area contributed by atoms with Gasteiger partial charge in [0.05, 0.1) is 23.4 Å². The summed E-state index contributed by atoms with van der Waals surface area (Å²) in [6.07, 6.45) is 3.79. The zero-order chi connectivity index (χ0) is 12.5. The summed E-state index contributed by atoms with van der Waals surface area (Å²) in [4.78, 5) is 0. The van der Waals surface area contributed by atoms with E-state index in [4.69, 9.17) is 5.26 Å². The van der Waals surface area contributed by atoms with Gasteiger partial charge >= 0.3 is 0 Å². The van der Waals surface area contributed by atoms with Crippen LogP contribution in [-0.2, 0) is 5.54 Å². The molecule has 86 valence electrons. The van der Waals surface area contributed by atoms with Gasteiger partial charge in [0.1, 0.15) is 0 Å². The van der Waals surface area contributed by atoms with E-state index in [1.165, 1.54) is 0 Å². The average Bonchev–Trinajstić information content (AvgIpc) is 2.77. The molecule has 1 aromatic heterocycles. The highest BCUT2D eigenvalue weighted by molar-refractivity contribution is 5.69. The van der Waals surface area contributed by atoms with Gasteiger partial charge in [-0.15, -0.1) is 0 Å². The maximum Gasteiger partial charge on any atom is 0.0998 e. The van der Waals surface area contributed by atoms with E-state index in [9.17, 15) is 0 Å². The number of hydrogen-bond acceptors (Lipinski definition) is 2. The van der Waals surface area contributed by atoms with Crippen LogP contribution in [0.3, 0.4) is 0 Å². The third kappa shape index (κ3) is 2.21. The Hall–Kier alpha value is -2.08. The highest BCUT2D eigenvalue weighted by Gasteiger charge is 2.15. The number of nitriles is 1. The molecule has 0 aliphatic heterocycles. The number of benzene rings is 1. The van der Waals surface area contributed by atoms with Crippen molar-refractivity contribution in [2.45, 2.75) is 26.3 Å². The highest BCUT2D eigenvalue weighted by atomic mass is 15.3. The Morgan fingerprint density at radius 1 is 1.24 bits per heavy atom. The molecule has 0 N–H and O–H groups in total. The third-order valence-electron chi connectivity index (χ3n) is 2.63. The number of hydrogen-bond donors (Lipinski definition) is 0. The summed E-state index contributed by atoms with van der Waals surface area (Å²) in [5.41, 5.74) is 2.56. The van der Waals surface area contributed by atoms with Gasteiger partial charge in [0.25, 0.3) is 0 Å². The first-order valence-electron chi connectivity index (χ1n) is 5.57. The molecule has 1 heterocycles. The molecule has 0 atom stereocenters. The summed E-state index contributed by atoms with van der Waals surface area (Å²) < 4.78 is 1.91. The van der Waals surface area contributed by atoms with Crippen molar-refractivity contribution in [1.82, 2.24) is 9.78 Å². The first-order valence-corrected chi connectivity index (χ1v) is 5.57. The summed E-state index contributed by atoms with van der Waals surface area (Å²) in [6.45, 7) is 6.29. The minimum Gasteiger partial charge on any atom is -0.267 e. The standard InChI is InChI=1S/C14H15N3/c1-14(2,3)17-10-12(9-16-17)13-7-5-4-6-11(13)8-15/h4-7,9-10H,1-3H3. The van der Waals surface area contributed by atoms with E-state index in [1.54, 1.807) is 6.20 Å². The molecule has 0 spiro atoms. The topological polar surface area (TPSA) is 41.6 Å². The number of rotatable bonds is 1. The van der Waals surface area contributed by atoms with Gasteiger partial charge in [-0.05, 0) is 26.8 Å². The van der Waals surface area contributed by atoms with Gasteiger partial charge < -0.3 is 0 Å². The molecule has 0 bridgehead atoms. The maximum atomic E-state index is 9.07. The molecule has 0 radical (unpaired) electrons. The van der Waals surface area contributed by atoms with E-state index < -0.39 is 0 Å². The Bertz CT molecular complexity index is 568. The summed E-state index contributed by atoms with van der Waals surface area (Å²) >= 11 is 0. The first kappa shape index (κ1) is 11.4. The fourth-order valence-corrected chi connectivity index (χ4v) is 1.66. The van der Waals surface area contributed by atoms with Crippen LogP contribution in [0.5, 0.6) is 0 Å². The number of nitrogens with zero attached hydrogens (tertiary/aromatic N) is 3. The second-order valence-electron chi connectivity index (χ2n) is 5.00. The second kappa shape index (κ2) is 4.06. The van der Waals surface area contributed by atoms with Crippen LogP contribution in [0.2, 0.25) is 0 Å². The van der Waals surface area contributed by atoms with Crippen molar-refractivity contribution in [3.63, 3.8) is 0 Å². The van der Waals surface area contributed by atoms with Gasteiger partial charge in [0.15, 0.2) is 0 Å². The molecular formula is C14H15N3. The van der Waals surface area contributed by atoms with E-state index in [1.807, 2.05) is 35.1 Å². The second-order valence-corrected chi connectivity index (χ2v) is 5.00. The smallest absolute Gasteiger partial charge is 0.0998 e. The Morgan fingerprint density at radius 2 is 1.94 bits per heavy atom. The Morgan fingerprint density at radius 3 is 2.53 bits per heavy atom. The van der Waals surface area contributed by atoms with Crippen LogP contribution in [0.4, 0.5) is 0 Å². The molecule has 0 saturated heterocycles. The predicted octanol–water partition coefficient (Wildman–Crippen LogP) is 3.18. The normalized spacial score (nSPS) is 11.2. The zero-order valence-corrected chi connectivity index (χ0v) is 10.3. The van der Waals surface area contributed by atoms with E-state index in [0.29, 0.717) is 5.56 Å². The van der Waals surface area contributed by atoms with Gasteiger partial charge in [-0.1, -0.05) is 18.2 Å². The van der Waals surface area contributed by atoms with Gasteiger partial charge in [0.2, 0.25) is 0 Å². The van der Waals surface area contributed by atoms with Crippen molar-refractivity contribution in [1.29, 1.82) is 5.26 Å². The third-order valence-corrected chi connectivity index (χ3v) is 2.63. The zero-order valence-electron chi connectivity index (χ0n) is 10.3. The maximum absolute atomic E-state index is 9.07. The minimum absolute atomic E-state index is 0.0418. The fraction of sp³-hybridized carbons (Fsp3) is 0.286. The molecule has 0 aliphatic rings. The van der Waals surface area contributed by atoms with E-state index in [0.717, 1.165) is 11.1 Å². The van der Waals surface area contributed by atoms with Crippen molar-refractivity contribution < 1.29 is 0 Å². The lowest BCUT2D eigenvalue weighted by atomic mass is 10.0.